The van der Waals surface area contributed by atoms with Gasteiger partial charge in [0.15, 0.2) is 0 Å². The molecule has 0 unspecified atom stereocenters. The van der Waals surface area contributed by atoms with E-state index in [4.69, 9.17) is 5.73 Å². The summed E-state index contributed by atoms with van der Waals surface area (Å²) < 4.78 is 0. The third-order valence-corrected chi connectivity index (χ3v) is 8.26. The van der Waals surface area contributed by atoms with Crippen molar-refractivity contribution in [3.63, 3.8) is 0 Å². The van der Waals surface area contributed by atoms with Crippen LogP contribution in [0.5, 0.6) is 0 Å². The van der Waals surface area contributed by atoms with Gasteiger partial charge < -0.3 is 20.9 Å². The van der Waals surface area contributed by atoms with Gasteiger partial charge in [-0.05, 0) is 57.5 Å². The summed E-state index contributed by atoms with van der Waals surface area (Å²) in [5, 5.41) is 13.1. The average Bonchev–Trinajstić information content (AvgIpc) is 3.15. The Morgan fingerprint density at radius 1 is 1.26 bits per heavy atom. The molecule has 2 aliphatic rings. The van der Waals surface area contributed by atoms with Gasteiger partial charge in [-0.1, -0.05) is 30.3 Å². The first-order chi connectivity index (χ1) is 16.8. The van der Waals surface area contributed by atoms with E-state index in [1.807, 2.05) is 49.3 Å². The Balaban J connectivity index is 1.52. The van der Waals surface area contributed by atoms with Crippen LogP contribution in [-0.4, -0.2) is 73.5 Å². The second-order valence-electron chi connectivity index (χ2n) is 9.91. The van der Waals surface area contributed by atoms with Gasteiger partial charge in [0.05, 0.1) is 18.0 Å². The number of carbonyl (C=O) groups excluding carboxylic acids is 2. The summed E-state index contributed by atoms with van der Waals surface area (Å²) in [6.45, 7) is 2.02. The number of nitriles is 1. The van der Waals surface area contributed by atoms with E-state index in [1.54, 1.807) is 0 Å². The molecule has 35 heavy (non-hydrogen) atoms. The van der Waals surface area contributed by atoms with Gasteiger partial charge in [-0.15, -0.1) is 11.3 Å². The second kappa shape index (κ2) is 10.8. The number of hydrogen-bond acceptors (Lipinski definition) is 7. The van der Waals surface area contributed by atoms with E-state index >= 15 is 0 Å². The minimum absolute atomic E-state index is 0.141. The molecule has 0 radical (unpaired) electrons. The minimum atomic E-state index is -0.353. The molecule has 4 rings (SSSR count). The topological polar surface area (TPSA) is 106 Å². The lowest BCUT2D eigenvalue weighted by atomic mass is 9.74. The van der Waals surface area contributed by atoms with Gasteiger partial charge in [-0.3, -0.25) is 9.69 Å². The molecule has 3 N–H and O–H groups in total. The normalized spacial score (nSPS) is 21.6. The Bertz CT molecular complexity index is 1110. The number of likely N-dealkylation sites (tertiary alicyclic amines) is 1. The molecule has 1 aromatic heterocycles. The van der Waals surface area contributed by atoms with E-state index in [2.05, 4.69) is 23.3 Å². The number of urea groups is 1. The van der Waals surface area contributed by atoms with Crippen LogP contribution in [0.3, 0.4) is 0 Å². The molecule has 186 valence electrons. The highest BCUT2D eigenvalue weighted by Crippen LogP contribution is 2.43. The summed E-state index contributed by atoms with van der Waals surface area (Å²) in [6.07, 6.45) is 2.30. The van der Waals surface area contributed by atoms with Gasteiger partial charge in [0, 0.05) is 30.6 Å². The van der Waals surface area contributed by atoms with E-state index in [0.717, 1.165) is 24.0 Å². The fraction of sp³-hybridized carbons (Fsp3) is 0.500. The zero-order valence-corrected chi connectivity index (χ0v) is 21.5. The number of nitrogens with zero attached hydrogens (tertiary/aromatic N) is 4. The maximum Gasteiger partial charge on any atom is 0.324 e. The number of likely N-dealkylation sites (N-methyl/N-ethyl adjacent to an activating group) is 2. The van der Waals surface area contributed by atoms with Crippen LogP contribution in [0.25, 0.3) is 0 Å². The van der Waals surface area contributed by atoms with Crippen molar-refractivity contribution in [2.45, 2.75) is 31.8 Å². The van der Waals surface area contributed by atoms with Gasteiger partial charge in [0.1, 0.15) is 11.1 Å². The number of hydrogen-bond donors (Lipinski definition) is 2. The molecule has 8 nitrogen and oxygen atoms in total. The highest BCUT2D eigenvalue weighted by molar-refractivity contribution is 7.16. The number of nitrogen functional groups attached to an aromatic ring is 1. The van der Waals surface area contributed by atoms with Crippen molar-refractivity contribution in [1.29, 1.82) is 5.26 Å². The van der Waals surface area contributed by atoms with E-state index in [1.165, 1.54) is 21.1 Å². The number of fused-ring (bicyclic) bond motifs is 2. The van der Waals surface area contributed by atoms with Gasteiger partial charge in [0.2, 0.25) is 5.91 Å². The zero-order valence-electron chi connectivity index (χ0n) is 20.7. The Hall–Kier alpha value is -2.93. The number of piperidine rings is 1. The van der Waals surface area contributed by atoms with Crippen molar-refractivity contribution in [2.24, 2.45) is 11.8 Å². The van der Waals surface area contributed by atoms with Crippen LogP contribution in [0.15, 0.2) is 30.3 Å². The summed E-state index contributed by atoms with van der Waals surface area (Å²) in [5.74, 6) is -0.183. The number of anilines is 1. The Morgan fingerprint density at radius 2 is 2.00 bits per heavy atom. The number of nitrogens with one attached hydrogen (secondary N) is 1. The van der Waals surface area contributed by atoms with Gasteiger partial charge in [0.25, 0.3) is 0 Å². The predicted molar refractivity (Wildman–Crippen MR) is 138 cm³/mol. The molecule has 2 heterocycles. The lowest BCUT2D eigenvalue weighted by molar-refractivity contribution is -0.136. The maximum atomic E-state index is 13.8. The van der Waals surface area contributed by atoms with Crippen LogP contribution < -0.4 is 11.1 Å². The van der Waals surface area contributed by atoms with Crippen molar-refractivity contribution in [3.8, 4) is 6.07 Å². The van der Waals surface area contributed by atoms with E-state index in [-0.39, 0.29) is 30.3 Å². The monoisotopic (exact) mass is 494 g/mol. The van der Waals surface area contributed by atoms with Crippen LogP contribution >= 0.6 is 11.3 Å². The lowest BCUT2D eigenvalue weighted by Crippen LogP contribution is -2.55. The van der Waals surface area contributed by atoms with Gasteiger partial charge in [-0.2, -0.15) is 5.26 Å². The van der Waals surface area contributed by atoms with Crippen molar-refractivity contribution >= 4 is 28.3 Å². The van der Waals surface area contributed by atoms with Gasteiger partial charge in [-0.25, -0.2) is 4.79 Å². The SMILES string of the molecule is CN(C)CCNC(=O)N(Cc1ccccc1)C(=O)[C@@H]1C[C@@H]2Cc3c(sc(N)c3C#N)C[C@H]2N(C)C1. The zero-order chi connectivity index (χ0) is 25.1. The van der Waals surface area contributed by atoms with E-state index in [9.17, 15) is 14.9 Å². The number of rotatable bonds is 6. The highest BCUT2D eigenvalue weighted by atomic mass is 32.1. The van der Waals surface area contributed by atoms with Crippen molar-refractivity contribution < 1.29 is 9.59 Å². The fourth-order valence-corrected chi connectivity index (χ4v) is 6.47. The summed E-state index contributed by atoms with van der Waals surface area (Å²) in [7, 11) is 5.95. The largest absolute Gasteiger partial charge is 0.389 e. The summed E-state index contributed by atoms with van der Waals surface area (Å²) in [4.78, 5) is 33.8. The minimum Gasteiger partial charge on any atom is -0.389 e. The van der Waals surface area contributed by atoms with Crippen molar-refractivity contribution in [2.75, 3.05) is 46.5 Å². The molecule has 1 saturated heterocycles. The predicted octanol–water partition coefficient (Wildman–Crippen LogP) is 2.54. The van der Waals surface area contributed by atoms with Crippen molar-refractivity contribution in [3.05, 3.63) is 51.9 Å². The molecule has 1 fully saturated rings. The molecule has 1 aliphatic heterocycles. The number of carbonyl (C=O) groups is 2. The fourth-order valence-electron chi connectivity index (χ4n) is 5.37. The quantitative estimate of drug-likeness (QED) is 0.639. The number of benzene rings is 1. The first kappa shape index (κ1) is 25.2. The standard InChI is InChI=1S/C26H34N6O2S/c1-30(2)10-9-29-26(34)32(15-17-7-5-4-6-8-17)25(33)19-11-18-12-20-21(14-27)24(28)35-23(20)13-22(18)31(3)16-19/h4-8,18-19,22H,9-13,15-16,28H2,1-3H3,(H,29,34)/t18-,19-,22-/m1/s1. The van der Waals surface area contributed by atoms with E-state index in [0.29, 0.717) is 42.7 Å². The van der Waals surface area contributed by atoms with Gasteiger partial charge >= 0.3 is 6.03 Å². The molecule has 2 aromatic rings. The van der Waals surface area contributed by atoms with Crippen molar-refractivity contribution in [1.82, 2.24) is 20.0 Å². The third kappa shape index (κ3) is 5.50. The van der Waals surface area contributed by atoms with Crippen LogP contribution in [0, 0.1) is 23.2 Å². The number of amides is 3. The molecule has 3 amide bonds. The van der Waals surface area contributed by atoms with Crippen LogP contribution in [0.4, 0.5) is 9.80 Å². The maximum absolute atomic E-state index is 13.8. The Kier molecular flexibility index (Phi) is 7.75. The highest BCUT2D eigenvalue weighted by Gasteiger charge is 2.43. The first-order valence-electron chi connectivity index (χ1n) is 12.1. The Labute approximate surface area is 211 Å². The molecular weight excluding hydrogens is 460 g/mol. The second-order valence-corrected chi connectivity index (χ2v) is 11.0. The van der Waals surface area contributed by atoms with Crippen LogP contribution in [-0.2, 0) is 24.2 Å². The van der Waals surface area contributed by atoms with E-state index < -0.39 is 0 Å². The summed E-state index contributed by atoms with van der Waals surface area (Å²) in [5.41, 5.74) is 8.69. The molecule has 1 aliphatic carbocycles. The molecule has 9 heteroatoms. The molecule has 3 atom stereocenters. The molecule has 0 bridgehead atoms. The number of nitrogens with two attached hydrogens (primary N) is 1. The van der Waals surface area contributed by atoms with Crippen LogP contribution in [0.1, 0.15) is 28.0 Å². The molecule has 0 saturated carbocycles. The average molecular weight is 495 g/mol. The molecular formula is C26H34N6O2S. The third-order valence-electron chi connectivity index (χ3n) is 7.18. The molecule has 0 spiro atoms. The smallest absolute Gasteiger partial charge is 0.324 e. The van der Waals surface area contributed by atoms with Crippen LogP contribution in [0.2, 0.25) is 0 Å². The molecule has 1 aromatic carbocycles. The number of imide groups is 1. The summed E-state index contributed by atoms with van der Waals surface area (Å²) in [6, 6.07) is 11.9. The number of thiophene rings is 1. The first-order valence-corrected chi connectivity index (χ1v) is 12.9. The lowest BCUT2D eigenvalue weighted by Gasteiger charge is -2.45. The summed E-state index contributed by atoms with van der Waals surface area (Å²) >= 11 is 1.52. The Morgan fingerprint density at radius 3 is 2.69 bits per heavy atom.